The largest absolute Gasteiger partial charge is 0.490 e. The van der Waals surface area contributed by atoms with Gasteiger partial charge in [-0.25, -0.2) is 13.8 Å². The van der Waals surface area contributed by atoms with Gasteiger partial charge in [0.2, 0.25) is 0 Å². The van der Waals surface area contributed by atoms with Gasteiger partial charge in [0.25, 0.3) is 15.9 Å². The molecule has 0 aliphatic heterocycles. The summed E-state index contributed by atoms with van der Waals surface area (Å²) in [7, 11) is -3.98. The molecule has 1 amide bonds. The van der Waals surface area contributed by atoms with Crippen molar-refractivity contribution in [1.29, 1.82) is 0 Å². The number of nitrogens with zero attached hydrogens (tertiary/aromatic N) is 2. The number of hydrogen-bond donors (Lipinski definition) is 1. The van der Waals surface area contributed by atoms with Crippen molar-refractivity contribution in [2.75, 3.05) is 17.5 Å². The van der Waals surface area contributed by atoms with Crippen molar-refractivity contribution in [3.63, 3.8) is 0 Å². The third-order valence-electron chi connectivity index (χ3n) is 4.88. The molecule has 0 aliphatic carbocycles. The second-order valence-corrected chi connectivity index (χ2v) is 9.44. The number of sulfonamides is 1. The van der Waals surface area contributed by atoms with Crippen LogP contribution >= 0.6 is 0 Å². The summed E-state index contributed by atoms with van der Waals surface area (Å²) in [5.41, 5.74) is 5.19. The van der Waals surface area contributed by atoms with Crippen molar-refractivity contribution < 1.29 is 17.9 Å². The van der Waals surface area contributed by atoms with E-state index < -0.39 is 22.5 Å². The van der Waals surface area contributed by atoms with Crippen molar-refractivity contribution >= 4 is 27.8 Å². The van der Waals surface area contributed by atoms with Crippen LogP contribution in [0.2, 0.25) is 0 Å². The van der Waals surface area contributed by atoms with Gasteiger partial charge < -0.3 is 4.74 Å². The number of rotatable bonds is 10. The highest BCUT2D eigenvalue weighted by Crippen LogP contribution is 2.27. The Kier molecular flexibility index (Phi) is 8.21. The maximum absolute atomic E-state index is 13.4. The number of ether oxygens (including phenoxy) is 1. The van der Waals surface area contributed by atoms with Crippen LogP contribution in [0, 0.1) is 13.8 Å². The van der Waals surface area contributed by atoms with E-state index >= 15 is 0 Å². The number of carbonyl (C=O) groups excluding carboxylic acids is 1. The molecule has 34 heavy (non-hydrogen) atoms. The Morgan fingerprint density at radius 1 is 1.06 bits per heavy atom. The molecule has 0 saturated heterocycles. The first-order valence-electron chi connectivity index (χ1n) is 10.6. The number of nitrogens with one attached hydrogen (secondary N) is 1. The lowest BCUT2D eigenvalue weighted by Gasteiger charge is -2.25. The van der Waals surface area contributed by atoms with Crippen molar-refractivity contribution in [3.05, 3.63) is 102 Å². The molecular formula is C26H27N3O4S. The highest BCUT2D eigenvalue weighted by molar-refractivity contribution is 7.92. The first-order chi connectivity index (χ1) is 16.3. The smallest absolute Gasteiger partial charge is 0.264 e. The highest BCUT2D eigenvalue weighted by atomic mass is 32.2. The van der Waals surface area contributed by atoms with E-state index in [2.05, 4.69) is 17.1 Å². The van der Waals surface area contributed by atoms with Crippen molar-refractivity contribution in [2.45, 2.75) is 18.7 Å². The average Bonchev–Trinajstić information content (AvgIpc) is 2.83. The number of carbonyl (C=O) groups is 1. The predicted octanol–water partition coefficient (Wildman–Crippen LogP) is 4.21. The van der Waals surface area contributed by atoms with Gasteiger partial charge in [-0.3, -0.25) is 9.10 Å². The summed E-state index contributed by atoms with van der Waals surface area (Å²) in [5.74, 6) is 0.0703. The zero-order valence-corrected chi connectivity index (χ0v) is 20.0. The lowest BCUT2D eigenvalue weighted by molar-refractivity contribution is -0.119. The van der Waals surface area contributed by atoms with Crippen molar-refractivity contribution in [2.24, 2.45) is 5.10 Å². The Hall–Kier alpha value is -3.91. The van der Waals surface area contributed by atoms with Crippen molar-refractivity contribution in [1.82, 2.24) is 5.43 Å². The molecule has 176 valence electrons. The molecule has 0 aliphatic rings. The highest BCUT2D eigenvalue weighted by Gasteiger charge is 2.28. The molecule has 0 fully saturated rings. The molecular weight excluding hydrogens is 450 g/mol. The Balaban J connectivity index is 1.81. The Morgan fingerprint density at radius 2 is 1.82 bits per heavy atom. The van der Waals surface area contributed by atoms with Gasteiger partial charge in [0.05, 0.1) is 16.8 Å². The maximum atomic E-state index is 13.4. The van der Waals surface area contributed by atoms with Gasteiger partial charge in [-0.15, -0.1) is 0 Å². The first-order valence-corrected chi connectivity index (χ1v) is 12.1. The Bertz CT molecular complexity index is 1290. The van der Waals surface area contributed by atoms with Gasteiger partial charge in [-0.2, -0.15) is 5.10 Å². The minimum Gasteiger partial charge on any atom is -0.490 e. The van der Waals surface area contributed by atoms with Crippen LogP contribution in [0.15, 0.2) is 95.4 Å². The van der Waals surface area contributed by atoms with Crippen LogP contribution < -0.4 is 14.5 Å². The third-order valence-corrected chi connectivity index (χ3v) is 6.65. The van der Waals surface area contributed by atoms with Crippen LogP contribution in [0.5, 0.6) is 5.75 Å². The van der Waals surface area contributed by atoms with Gasteiger partial charge in [0.15, 0.2) is 0 Å². The molecule has 1 N–H and O–H groups in total. The minimum absolute atomic E-state index is 0.101. The number of hydrogen-bond acceptors (Lipinski definition) is 5. The second kappa shape index (κ2) is 11.3. The molecule has 7 nitrogen and oxygen atoms in total. The average molecular weight is 478 g/mol. The van der Waals surface area contributed by atoms with Crippen LogP contribution in [-0.2, 0) is 14.8 Å². The van der Waals surface area contributed by atoms with Crippen LogP contribution in [0.4, 0.5) is 5.69 Å². The van der Waals surface area contributed by atoms with Gasteiger partial charge in [0.1, 0.15) is 18.9 Å². The summed E-state index contributed by atoms with van der Waals surface area (Å²) in [5, 5.41) is 3.98. The fourth-order valence-electron chi connectivity index (χ4n) is 3.19. The van der Waals surface area contributed by atoms with E-state index in [1.165, 1.54) is 18.3 Å². The maximum Gasteiger partial charge on any atom is 0.264 e. The number of benzene rings is 3. The van der Waals surface area contributed by atoms with Crippen molar-refractivity contribution in [3.8, 4) is 5.75 Å². The molecule has 0 spiro atoms. The monoisotopic (exact) mass is 477 g/mol. The summed E-state index contributed by atoms with van der Waals surface area (Å²) in [6, 6.07) is 20.7. The molecule has 0 bridgehead atoms. The molecule has 0 aromatic heterocycles. The summed E-state index contributed by atoms with van der Waals surface area (Å²) in [6.07, 6.45) is 3.11. The third kappa shape index (κ3) is 6.32. The van der Waals surface area contributed by atoms with Gasteiger partial charge in [-0.05, 0) is 60.9 Å². The number of anilines is 1. The molecule has 0 saturated carbocycles. The fraction of sp³-hybridized carbons (Fsp3) is 0.154. The molecule has 0 atom stereocenters. The Labute approximate surface area is 200 Å². The normalized spacial score (nSPS) is 11.2. The quantitative estimate of drug-likeness (QED) is 0.269. The molecule has 8 heteroatoms. The summed E-state index contributed by atoms with van der Waals surface area (Å²) < 4.78 is 33.5. The lowest BCUT2D eigenvalue weighted by Crippen LogP contribution is -2.40. The standard InChI is InChI=1S/C26H27N3O4S/c1-4-15-33-23-10-8-9-22(17-23)18-27-28-26(30)19-29(25-16-20(2)13-14-21(25)3)34(31,32)24-11-6-5-7-12-24/h4-14,16-18H,1,15,19H2,2-3H3,(H,28,30)/b27-18-. The number of aryl methyl sites for hydroxylation is 2. The number of amides is 1. The molecule has 0 unspecified atom stereocenters. The minimum atomic E-state index is -3.98. The predicted molar refractivity (Wildman–Crippen MR) is 135 cm³/mol. The van der Waals surface area contributed by atoms with E-state index in [0.717, 1.165) is 15.4 Å². The van der Waals surface area contributed by atoms with E-state index in [1.807, 2.05) is 19.1 Å². The molecule has 3 aromatic carbocycles. The van der Waals surface area contributed by atoms with Crippen LogP contribution in [0.25, 0.3) is 0 Å². The first kappa shape index (κ1) is 24.7. The number of hydrazone groups is 1. The van der Waals surface area contributed by atoms with Crippen LogP contribution in [0.1, 0.15) is 16.7 Å². The van der Waals surface area contributed by atoms with Gasteiger partial charge in [-0.1, -0.05) is 55.1 Å². The fourth-order valence-corrected chi connectivity index (χ4v) is 4.69. The Morgan fingerprint density at radius 3 is 2.56 bits per heavy atom. The zero-order valence-electron chi connectivity index (χ0n) is 19.1. The van der Waals surface area contributed by atoms with E-state index in [-0.39, 0.29) is 4.90 Å². The second-order valence-electron chi connectivity index (χ2n) is 7.58. The van der Waals surface area contributed by atoms with E-state index in [4.69, 9.17) is 4.74 Å². The summed E-state index contributed by atoms with van der Waals surface area (Å²) in [6.45, 7) is 7.23. The van der Waals surface area contributed by atoms with E-state index in [1.54, 1.807) is 61.5 Å². The molecule has 0 radical (unpaired) electrons. The van der Waals surface area contributed by atoms with Gasteiger partial charge in [0, 0.05) is 0 Å². The van der Waals surface area contributed by atoms with Gasteiger partial charge >= 0.3 is 0 Å². The zero-order chi connectivity index (χ0) is 24.6. The molecule has 3 rings (SSSR count). The topological polar surface area (TPSA) is 88.1 Å². The summed E-state index contributed by atoms with van der Waals surface area (Å²) >= 11 is 0. The van der Waals surface area contributed by atoms with Crippen LogP contribution in [0.3, 0.4) is 0 Å². The molecule has 3 aromatic rings. The lowest BCUT2D eigenvalue weighted by atomic mass is 10.1. The van der Waals surface area contributed by atoms with E-state index in [9.17, 15) is 13.2 Å². The van der Waals surface area contributed by atoms with Crippen LogP contribution in [-0.4, -0.2) is 33.7 Å². The molecule has 0 heterocycles. The SMILES string of the molecule is C=CCOc1cccc(/C=N\NC(=O)CN(c2cc(C)ccc2C)S(=O)(=O)c2ccccc2)c1. The summed E-state index contributed by atoms with van der Waals surface area (Å²) in [4.78, 5) is 12.8. The van der Waals surface area contributed by atoms with E-state index in [0.29, 0.717) is 23.6 Å².